The van der Waals surface area contributed by atoms with Crippen molar-refractivity contribution in [2.75, 3.05) is 25.2 Å². The number of aromatic nitrogens is 1. The highest BCUT2D eigenvalue weighted by molar-refractivity contribution is 6.05. The predicted molar refractivity (Wildman–Crippen MR) is 170 cm³/mol. The molecule has 232 valence electrons. The van der Waals surface area contributed by atoms with E-state index in [9.17, 15) is 19.5 Å². The maximum atomic E-state index is 14.5. The Morgan fingerprint density at radius 1 is 1.14 bits per heavy atom. The molecule has 3 amide bonds. The van der Waals surface area contributed by atoms with Crippen LogP contribution in [-0.4, -0.2) is 65.1 Å². The molecule has 1 fully saturated rings. The average Bonchev–Trinajstić information content (AvgIpc) is 3.53. The second kappa shape index (κ2) is 14.3. The molecule has 1 saturated heterocycles. The summed E-state index contributed by atoms with van der Waals surface area (Å²) in [4.78, 5) is 48.8. The fourth-order valence-electron chi connectivity index (χ4n) is 5.53. The van der Waals surface area contributed by atoms with Gasteiger partial charge in [-0.05, 0) is 72.2 Å². The summed E-state index contributed by atoms with van der Waals surface area (Å²) in [5, 5.41) is 13.3. The molecule has 1 aliphatic rings. The molecule has 0 saturated carbocycles. The third-order valence-corrected chi connectivity index (χ3v) is 7.96. The minimum atomic E-state index is -1.12. The first-order valence-corrected chi connectivity index (χ1v) is 14.9. The molecule has 1 aromatic heterocycles. The maximum Gasteiger partial charge on any atom is 0.250 e. The number of ether oxygens (including phenoxy) is 1. The summed E-state index contributed by atoms with van der Waals surface area (Å²) in [6.07, 6.45) is 5.87. The van der Waals surface area contributed by atoms with E-state index in [2.05, 4.69) is 37.7 Å². The Morgan fingerprint density at radius 2 is 1.84 bits per heavy atom. The highest BCUT2D eigenvalue weighted by atomic mass is 16.5. The predicted octanol–water partition coefficient (Wildman–Crippen LogP) is 4.36. The van der Waals surface area contributed by atoms with Gasteiger partial charge in [-0.25, -0.2) is 0 Å². The van der Waals surface area contributed by atoms with E-state index < -0.39 is 24.0 Å². The number of likely N-dealkylation sites (tertiary alicyclic amines) is 1. The van der Waals surface area contributed by atoms with Crippen molar-refractivity contribution in [1.29, 1.82) is 0 Å². The molecular weight excluding hydrogens is 556 g/mol. The van der Waals surface area contributed by atoms with E-state index in [-0.39, 0.29) is 23.8 Å². The number of amides is 3. The van der Waals surface area contributed by atoms with Gasteiger partial charge in [0.15, 0.2) is 0 Å². The van der Waals surface area contributed by atoms with Gasteiger partial charge in [0.05, 0.1) is 19.8 Å². The Balaban J connectivity index is 1.76. The molecule has 1 aliphatic heterocycles. The lowest BCUT2D eigenvalue weighted by molar-refractivity contribution is -0.135. The van der Waals surface area contributed by atoms with Gasteiger partial charge in [-0.2, -0.15) is 0 Å². The number of pyridine rings is 1. The fraction of sp³-hybridized carbons (Fsp3) is 0.371. The molecule has 0 spiro atoms. The number of aliphatic hydroxyl groups excluding tert-OH is 1. The first kappa shape index (κ1) is 32.4. The Kier molecular flexibility index (Phi) is 10.5. The highest BCUT2D eigenvalue weighted by Gasteiger charge is 2.41. The zero-order valence-corrected chi connectivity index (χ0v) is 25.9. The smallest absolute Gasteiger partial charge is 0.250 e. The minimum absolute atomic E-state index is 0.123. The topological polar surface area (TPSA) is 112 Å². The van der Waals surface area contributed by atoms with Crippen molar-refractivity contribution in [3.05, 3.63) is 102 Å². The third kappa shape index (κ3) is 7.52. The van der Waals surface area contributed by atoms with Crippen molar-refractivity contribution < 1.29 is 24.2 Å². The van der Waals surface area contributed by atoms with Crippen LogP contribution in [0.15, 0.2) is 85.7 Å². The van der Waals surface area contributed by atoms with Crippen LogP contribution < -0.4 is 15.0 Å². The number of benzene rings is 2. The van der Waals surface area contributed by atoms with Crippen molar-refractivity contribution in [2.45, 2.75) is 63.6 Å². The summed E-state index contributed by atoms with van der Waals surface area (Å²) < 4.78 is 5.24. The van der Waals surface area contributed by atoms with Crippen LogP contribution in [0.25, 0.3) is 0 Å². The molecule has 3 unspecified atom stereocenters. The third-order valence-electron chi connectivity index (χ3n) is 7.96. The van der Waals surface area contributed by atoms with Gasteiger partial charge in [-0.1, -0.05) is 57.7 Å². The van der Waals surface area contributed by atoms with E-state index in [1.54, 1.807) is 31.6 Å². The monoisotopic (exact) mass is 598 g/mol. The normalized spacial score (nSPS) is 16.1. The van der Waals surface area contributed by atoms with E-state index in [1.165, 1.54) is 15.9 Å². The van der Waals surface area contributed by atoms with Gasteiger partial charge in [-0.15, -0.1) is 0 Å². The van der Waals surface area contributed by atoms with Gasteiger partial charge >= 0.3 is 0 Å². The number of methoxy groups -OCH3 is 1. The quantitative estimate of drug-likeness (QED) is 0.318. The molecule has 44 heavy (non-hydrogen) atoms. The summed E-state index contributed by atoms with van der Waals surface area (Å²) in [5.74, 6) is -0.470. The van der Waals surface area contributed by atoms with Crippen molar-refractivity contribution in [3.8, 4) is 5.75 Å². The fourth-order valence-corrected chi connectivity index (χ4v) is 5.53. The lowest BCUT2D eigenvalue weighted by Crippen LogP contribution is -2.53. The van der Waals surface area contributed by atoms with Crippen LogP contribution in [0.3, 0.4) is 0 Å². The Labute approximate surface area is 259 Å². The zero-order valence-electron chi connectivity index (χ0n) is 25.9. The SMILES string of the molecule is C=CC(=O)N1CCCC1C(=O)N(c1ccc(C(C)(C)C)cc1)C(C(=O)NC(CO)Cc1ccc(OC)cc1)c1cccnc1. The number of anilines is 1. The van der Waals surface area contributed by atoms with E-state index in [0.29, 0.717) is 42.8 Å². The van der Waals surface area contributed by atoms with Crippen LogP contribution in [0.2, 0.25) is 0 Å². The summed E-state index contributed by atoms with van der Waals surface area (Å²) in [6.45, 7) is 10.0. The van der Waals surface area contributed by atoms with Gasteiger partial charge in [0, 0.05) is 30.2 Å². The molecule has 0 bridgehead atoms. The van der Waals surface area contributed by atoms with Gasteiger partial charge in [-0.3, -0.25) is 24.3 Å². The van der Waals surface area contributed by atoms with Gasteiger partial charge < -0.3 is 20.1 Å². The van der Waals surface area contributed by atoms with Gasteiger partial charge in [0.1, 0.15) is 17.8 Å². The van der Waals surface area contributed by atoms with Crippen molar-refractivity contribution >= 4 is 23.4 Å². The zero-order chi connectivity index (χ0) is 31.9. The van der Waals surface area contributed by atoms with Gasteiger partial charge in [0.2, 0.25) is 11.8 Å². The first-order valence-electron chi connectivity index (χ1n) is 14.9. The second-order valence-electron chi connectivity index (χ2n) is 12.0. The number of carbonyl (C=O) groups is 3. The molecule has 0 aliphatic carbocycles. The van der Waals surface area contributed by atoms with Crippen molar-refractivity contribution in [3.63, 3.8) is 0 Å². The molecular formula is C35H42N4O5. The Hall–Kier alpha value is -4.50. The molecule has 2 aromatic carbocycles. The molecule has 0 radical (unpaired) electrons. The lowest BCUT2D eigenvalue weighted by Gasteiger charge is -2.36. The van der Waals surface area contributed by atoms with Gasteiger partial charge in [0.25, 0.3) is 5.91 Å². The average molecular weight is 599 g/mol. The summed E-state index contributed by atoms with van der Waals surface area (Å²) in [7, 11) is 1.59. The molecule has 4 rings (SSSR count). The van der Waals surface area contributed by atoms with Crippen LogP contribution in [0, 0.1) is 0 Å². The number of aliphatic hydroxyl groups is 1. The van der Waals surface area contributed by atoms with Crippen LogP contribution in [0.5, 0.6) is 5.75 Å². The first-order chi connectivity index (χ1) is 21.1. The second-order valence-corrected chi connectivity index (χ2v) is 12.0. The standard InChI is InChI=1S/C35H42N4O5/c1-6-31(41)38-20-8-10-30(38)34(43)39(28-15-13-26(14-16-28)35(2,3)4)32(25-9-7-19-36-22-25)33(42)37-27(23-40)21-24-11-17-29(44-5)18-12-24/h6-7,9,11-19,22,27,30,32,40H,1,8,10,20-21,23H2,2-5H3,(H,37,42). The molecule has 2 N–H and O–H groups in total. The lowest BCUT2D eigenvalue weighted by atomic mass is 9.87. The highest BCUT2D eigenvalue weighted by Crippen LogP contribution is 2.33. The Bertz CT molecular complexity index is 1430. The maximum absolute atomic E-state index is 14.5. The number of nitrogens with zero attached hydrogens (tertiary/aromatic N) is 3. The van der Waals surface area contributed by atoms with E-state index >= 15 is 0 Å². The van der Waals surface area contributed by atoms with Crippen LogP contribution in [0.4, 0.5) is 5.69 Å². The summed E-state index contributed by atoms with van der Waals surface area (Å²) in [5.41, 5.74) is 2.86. The van der Waals surface area contributed by atoms with E-state index in [1.807, 2.05) is 48.5 Å². The molecule has 2 heterocycles. The number of rotatable bonds is 11. The van der Waals surface area contributed by atoms with E-state index in [4.69, 9.17) is 4.74 Å². The Morgan fingerprint density at radius 3 is 2.41 bits per heavy atom. The minimum Gasteiger partial charge on any atom is -0.497 e. The number of hydrogen-bond acceptors (Lipinski definition) is 6. The largest absolute Gasteiger partial charge is 0.497 e. The van der Waals surface area contributed by atoms with Crippen LogP contribution in [0.1, 0.15) is 56.3 Å². The van der Waals surface area contributed by atoms with Crippen LogP contribution >= 0.6 is 0 Å². The number of carbonyl (C=O) groups excluding carboxylic acids is 3. The summed E-state index contributed by atoms with van der Waals surface area (Å²) in [6, 6.07) is 15.9. The molecule has 3 atom stereocenters. The number of nitrogens with one attached hydrogen (secondary N) is 1. The molecule has 3 aromatic rings. The van der Waals surface area contributed by atoms with E-state index in [0.717, 1.165) is 11.1 Å². The van der Waals surface area contributed by atoms with Crippen molar-refractivity contribution in [1.82, 2.24) is 15.2 Å². The summed E-state index contributed by atoms with van der Waals surface area (Å²) >= 11 is 0. The van der Waals surface area contributed by atoms with Crippen molar-refractivity contribution in [2.24, 2.45) is 0 Å². The number of hydrogen-bond donors (Lipinski definition) is 2. The molecule has 9 heteroatoms. The molecule has 9 nitrogen and oxygen atoms in total. The van der Waals surface area contributed by atoms with Crippen LogP contribution in [-0.2, 0) is 26.2 Å².